The zero-order valence-corrected chi connectivity index (χ0v) is 13.4. The van der Waals surface area contributed by atoms with Gasteiger partial charge < -0.3 is 14.7 Å². The standard InChI is InChI=1S/C17H26N2O3/c1-14(2)8-9-18-10-11-19(12-16(18)20)17(21)22-13-15-6-4-3-5-7-15/h3-7,14,16,20H,8-13H2,1-2H3. The van der Waals surface area contributed by atoms with Crippen molar-refractivity contribution in [1.82, 2.24) is 9.80 Å². The zero-order valence-electron chi connectivity index (χ0n) is 13.4. The Bertz CT molecular complexity index is 464. The van der Waals surface area contributed by atoms with Crippen LogP contribution in [0.3, 0.4) is 0 Å². The first-order valence-electron chi connectivity index (χ1n) is 7.94. The van der Waals surface area contributed by atoms with Crippen molar-refractivity contribution in [3.8, 4) is 0 Å². The maximum absolute atomic E-state index is 12.1. The number of carbonyl (C=O) groups excluding carboxylic acids is 1. The third-order valence-corrected chi connectivity index (χ3v) is 3.92. The van der Waals surface area contributed by atoms with Gasteiger partial charge in [-0.15, -0.1) is 0 Å². The van der Waals surface area contributed by atoms with Gasteiger partial charge in [0.05, 0.1) is 6.54 Å². The van der Waals surface area contributed by atoms with Gasteiger partial charge in [-0.3, -0.25) is 4.90 Å². The Morgan fingerprint density at radius 2 is 2.05 bits per heavy atom. The summed E-state index contributed by atoms with van der Waals surface area (Å²) < 4.78 is 5.31. The van der Waals surface area contributed by atoms with Gasteiger partial charge in [0.25, 0.3) is 0 Å². The van der Waals surface area contributed by atoms with Crippen molar-refractivity contribution < 1.29 is 14.6 Å². The van der Waals surface area contributed by atoms with E-state index in [4.69, 9.17) is 4.74 Å². The highest BCUT2D eigenvalue weighted by Gasteiger charge is 2.28. The fraction of sp³-hybridized carbons (Fsp3) is 0.588. The van der Waals surface area contributed by atoms with Crippen LogP contribution in [-0.2, 0) is 11.3 Å². The van der Waals surface area contributed by atoms with E-state index in [2.05, 4.69) is 13.8 Å². The van der Waals surface area contributed by atoms with Crippen LogP contribution in [0.4, 0.5) is 4.79 Å². The SMILES string of the molecule is CC(C)CCN1CCN(C(=O)OCc2ccccc2)CC1O. The maximum atomic E-state index is 12.1. The van der Waals surface area contributed by atoms with Crippen LogP contribution in [-0.4, -0.2) is 53.4 Å². The summed E-state index contributed by atoms with van der Waals surface area (Å²) in [5.41, 5.74) is 0.965. The smallest absolute Gasteiger partial charge is 0.410 e. The van der Waals surface area contributed by atoms with Crippen LogP contribution in [0.25, 0.3) is 0 Å². The minimum atomic E-state index is -0.600. The van der Waals surface area contributed by atoms with Gasteiger partial charge in [0.1, 0.15) is 12.8 Å². The molecule has 2 rings (SSSR count). The Morgan fingerprint density at radius 1 is 1.32 bits per heavy atom. The lowest BCUT2D eigenvalue weighted by molar-refractivity contribution is -0.0547. The van der Waals surface area contributed by atoms with Gasteiger partial charge in [0, 0.05) is 19.6 Å². The highest BCUT2D eigenvalue weighted by Crippen LogP contribution is 2.12. The van der Waals surface area contributed by atoms with Crippen molar-refractivity contribution in [3.63, 3.8) is 0 Å². The van der Waals surface area contributed by atoms with Crippen molar-refractivity contribution in [2.24, 2.45) is 5.92 Å². The Morgan fingerprint density at radius 3 is 2.68 bits per heavy atom. The molecule has 0 radical (unpaired) electrons. The molecule has 122 valence electrons. The predicted molar refractivity (Wildman–Crippen MR) is 85.2 cm³/mol. The Balaban J connectivity index is 1.76. The largest absolute Gasteiger partial charge is 0.445 e. The van der Waals surface area contributed by atoms with E-state index in [0.29, 0.717) is 25.6 Å². The van der Waals surface area contributed by atoms with Crippen molar-refractivity contribution >= 4 is 6.09 Å². The molecule has 0 bridgehead atoms. The quantitative estimate of drug-likeness (QED) is 0.907. The summed E-state index contributed by atoms with van der Waals surface area (Å²) in [7, 11) is 0. The first-order chi connectivity index (χ1) is 10.6. The number of carbonyl (C=O) groups is 1. The molecule has 1 heterocycles. The van der Waals surface area contributed by atoms with E-state index >= 15 is 0 Å². The van der Waals surface area contributed by atoms with Gasteiger partial charge in [-0.2, -0.15) is 0 Å². The molecule has 22 heavy (non-hydrogen) atoms. The van der Waals surface area contributed by atoms with Gasteiger partial charge in [0.2, 0.25) is 0 Å². The molecule has 0 aromatic heterocycles. The van der Waals surface area contributed by atoms with Gasteiger partial charge in [-0.25, -0.2) is 4.79 Å². The highest BCUT2D eigenvalue weighted by atomic mass is 16.6. The molecule has 1 aromatic carbocycles. The molecule has 5 heteroatoms. The van der Waals surface area contributed by atoms with E-state index in [9.17, 15) is 9.90 Å². The molecule has 1 saturated heterocycles. The van der Waals surface area contributed by atoms with Crippen LogP contribution in [0.5, 0.6) is 0 Å². The number of aliphatic hydroxyl groups is 1. The van der Waals surface area contributed by atoms with Gasteiger partial charge in [-0.05, 0) is 17.9 Å². The summed E-state index contributed by atoms with van der Waals surface area (Å²) in [6.07, 6.45) is 0.0957. The van der Waals surface area contributed by atoms with E-state index in [1.807, 2.05) is 35.2 Å². The van der Waals surface area contributed by atoms with Crippen molar-refractivity contribution in [2.75, 3.05) is 26.2 Å². The van der Waals surface area contributed by atoms with Crippen molar-refractivity contribution in [3.05, 3.63) is 35.9 Å². The Hall–Kier alpha value is -1.59. The van der Waals surface area contributed by atoms with Gasteiger partial charge >= 0.3 is 6.09 Å². The molecular formula is C17H26N2O3. The summed E-state index contributed by atoms with van der Waals surface area (Å²) >= 11 is 0. The normalized spacial score (nSPS) is 19.5. The first kappa shape index (κ1) is 16.8. The third-order valence-electron chi connectivity index (χ3n) is 3.92. The fourth-order valence-corrected chi connectivity index (χ4v) is 2.46. The van der Waals surface area contributed by atoms with E-state index in [1.165, 1.54) is 0 Å². The van der Waals surface area contributed by atoms with Crippen LogP contribution in [0.2, 0.25) is 0 Å². The molecule has 5 nitrogen and oxygen atoms in total. The maximum Gasteiger partial charge on any atom is 0.410 e. The van der Waals surface area contributed by atoms with E-state index < -0.39 is 6.23 Å². The van der Waals surface area contributed by atoms with Gasteiger partial charge in [-0.1, -0.05) is 44.2 Å². The summed E-state index contributed by atoms with van der Waals surface area (Å²) in [6, 6.07) is 9.61. The summed E-state index contributed by atoms with van der Waals surface area (Å²) in [5.74, 6) is 0.612. The molecule has 1 aliphatic heterocycles. The lowest BCUT2D eigenvalue weighted by Crippen LogP contribution is -2.55. The molecule has 0 saturated carbocycles. The predicted octanol–water partition coefficient (Wildman–Crippen LogP) is 2.31. The van der Waals surface area contributed by atoms with Crippen LogP contribution >= 0.6 is 0 Å². The monoisotopic (exact) mass is 306 g/mol. The summed E-state index contributed by atoms with van der Waals surface area (Å²) in [5, 5.41) is 10.2. The van der Waals surface area contributed by atoms with Gasteiger partial charge in [0.15, 0.2) is 0 Å². The average Bonchev–Trinajstić information content (AvgIpc) is 2.52. The Labute approximate surface area is 132 Å². The van der Waals surface area contributed by atoms with Crippen LogP contribution in [0.1, 0.15) is 25.8 Å². The third kappa shape index (κ3) is 5.00. The number of ether oxygens (including phenoxy) is 1. The number of hydrogen-bond donors (Lipinski definition) is 1. The molecule has 1 fully saturated rings. The van der Waals surface area contributed by atoms with E-state index in [-0.39, 0.29) is 12.7 Å². The van der Waals surface area contributed by atoms with Crippen LogP contribution in [0.15, 0.2) is 30.3 Å². The minimum Gasteiger partial charge on any atom is -0.445 e. The molecule has 1 amide bonds. The number of aliphatic hydroxyl groups excluding tert-OH is 1. The number of benzene rings is 1. The van der Waals surface area contributed by atoms with Crippen molar-refractivity contribution in [2.45, 2.75) is 33.1 Å². The number of hydrogen-bond acceptors (Lipinski definition) is 4. The number of nitrogens with zero attached hydrogens (tertiary/aromatic N) is 2. The minimum absolute atomic E-state index is 0.267. The first-order valence-corrected chi connectivity index (χ1v) is 7.94. The molecule has 1 aliphatic rings. The Kier molecular flexibility index (Phi) is 6.21. The highest BCUT2D eigenvalue weighted by molar-refractivity contribution is 5.67. The fourth-order valence-electron chi connectivity index (χ4n) is 2.46. The second kappa shape index (κ2) is 8.15. The topological polar surface area (TPSA) is 53.0 Å². The van der Waals surface area contributed by atoms with E-state index in [0.717, 1.165) is 18.5 Å². The molecule has 1 aromatic rings. The molecule has 1 unspecified atom stereocenters. The molecule has 1 atom stereocenters. The summed E-state index contributed by atoms with van der Waals surface area (Å²) in [4.78, 5) is 15.7. The molecule has 1 N–H and O–H groups in total. The summed E-state index contributed by atoms with van der Waals surface area (Å²) in [6.45, 7) is 7.07. The van der Waals surface area contributed by atoms with Crippen LogP contribution < -0.4 is 0 Å². The second-order valence-corrected chi connectivity index (χ2v) is 6.19. The van der Waals surface area contributed by atoms with Crippen molar-refractivity contribution in [1.29, 1.82) is 0 Å². The molecule has 0 aliphatic carbocycles. The molecule has 0 spiro atoms. The average molecular weight is 306 g/mol. The van der Waals surface area contributed by atoms with Crippen LogP contribution in [0, 0.1) is 5.92 Å². The lowest BCUT2D eigenvalue weighted by Gasteiger charge is -2.38. The number of amides is 1. The van der Waals surface area contributed by atoms with E-state index in [1.54, 1.807) is 4.90 Å². The number of β-amino-alcohol motifs (C(OH)–C–C–N with tert-alkyl or cyclic N) is 1. The lowest BCUT2D eigenvalue weighted by atomic mass is 10.1. The number of piperazine rings is 1. The molecular weight excluding hydrogens is 280 g/mol. The number of rotatable bonds is 5. The second-order valence-electron chi connectivity index (χ2n) is 6.19. The zero-order chi connectivity index (χ0) is 15.9.